The lowest BCUT2D eigenvalue weighted by atomic mass is 9.92. The Bertz CT molecular complexity index is 515. The second kappa shape index (κ2) is 5.55. The molecule has 2 rings (SSSR count). The number of aryl methyl sites for hydroxylation is 1. The monoisotopic (exact) mass is 245 g/mol. The van der Waals surface area contributed by atoms with Crippen LogP contribution in [0.2, 0.25) is 0 Å². The number of nitrogens with zero attached hydrogens (tertiary/aromatic N) is 1. The van der Waals surface area contributed by atoms with E-state index in [1.54, 1.807) is 0 Å². The van der Waals surface area contributed by atoms with E-state index in [1.807, 2.05) is 7.05 Å². The summed E-state index contributed by atoms with van der Waals surface area (Å²) in [5.41, 5.74) is 8.34. The summed E-state index contributed by atoms with van der Waals surface area (Å²) < 4.78 is 2.20. The van der Waals surface area contributed by atoms with Crippen LogP contribution in [-0.2, 0) is 7.05 Å². The van der Waals surface area contributed by atoms with Gasteiger partial charge in [-0.3, -0.25) is 0 Å². The molecule has 0 fully saturated rings. The zero-order chi connectivity index (χ0) is 13.1. The Kier molecular flexibility index (Phi) is 4.04. The Morgan fingerprint density at radius 2 is 2.06 bits per heavy atom. The number of para-hydroxylation sites is 1. The molecule has 3 heteroatoms. The molecule has 18 heavy (non-hydrogen) atoms. The fourth-order valence-corrected chi connectivity index (χ4v) is 2.80. The maximum atomic E-state index is 5.68. The van der Waals surface area contributed by atoms with Gasteiger partial charge in [-0.15, -0.1) is 0 Å². The molecular weight excluding hydrogens is 222 g/mol. The van der Waals surface area contributed by atoms with Crippen molar-refractivity contribution < 1.29 is 0 Å². The fraction of sp³-hybridized carbons (Fsp3) is 0.467. The predicted octanol–water partition coefficient (Wildman–Crippen LogP) is 2.42. The Hall–Kier alpha value is -1.32. The van der Waals surface area contributed by atoms with Crippen LogP contribution >= 0.6 is 0 Å². The van der Waals surface area contributed by atoms with Crippen molar-refractivity contribution in [1.29, 1.82) is 0 Å². The molecule has 98 valence electrons. The molecule has 0 radical (unpaired) electrons. The highest BCUT2D eigenvalue weighted by Gasteiger charge is 2.20. The third-order valence-corrected chi connectivity index (χ3v) is 3.76. The molecule has 2 atom stereocenters. The maximum Gasteiger partial charge on any atom is 0.0481 e. The summed E-state index contributed by atoms with van der Waals surface area (Å²) in [7, 11) is 4.13. The largest absolute Gasteiger partial charge is 0.350 e. The summed E-state index contributed by atoms with van der Waals surface area (Å²) >= 11 is 0. The predicted molar refractivity (Wildman–Crippen MR) is 77.6 cm³/mol. The minimum atomic E-state index is 0.361. The Balaban J connectivity index is 2.45. The summed E-state index contributed by atoms with van der Waals surface area (Å²) in [6.07, 6.45) is 3.27. The van der Waals surface area contributed by atoms with Crippen LogP contribution in [-0.4, -0.2) is 18.2 Å². The van der Waals surface area contributed by atoms with E-state index < -0.39 is 0 Å². The third kappa shape index (κ3) is 2.28. The van der Waals surface area contributed by atoms with E-state index in [4.69, 9.17) is 5.73 Å². The number of nitrogens with two attached hydrogens (primary N) is 1. The van der Waals surface area contributed by atoms with Crippen molar-refractivity contribution in [2.45, 2.75) is 19.4 Å². The van der Waals surface area contributed by atoms with Gasteiger partial charge in [0, 0.05) is 30.2 Å². The van der Waals surface area contributed by atoms with Crippen molar-refractivity contribution >= 4 is 10.9 Å². The van der Waals surface area contributed by atoms with E-state index in [0.29, 0.717) is 12.0 Å². The third-order valence-electron chi connectivity index (χ3n) is 3.76. The molecule has 3 nitrogen and oxygen atoms in total. The van der Waals surface area contributed by atoms with E-state index in [1.165, 1.54) is 16.5 Å². The molecule has 3 N–H and O–H groups in total. The van der Waals surface area contributed by atoms with Gasteiger partial charge in [0.15, 0.2) is 0 Å². The summed E-state index contributed by atoms with van der Waals surface area (Å²) in [4.78, 5) is 0. The second-order valence-corrected chi connectivity index (χ2v) is 5.03. The number of benzene rings is 1. The molecule has 0 bridgehead atoms. The van der Waals surface area contributed by atoms with Gasteiger partial charge in [-0.05, 0) is 37.6 Å². The molecule has 0 saturated heterocycles. The molecule has 2 aromatic rings. The van der Waals surface area contributed by atoms with Gasteiger partial charge in [-0.1, -0.05) is 25.1 Å². The number of hydrogen-bond donors (Lipinski definition) is 2. The smallest absolute Gasteiger partial charge is 0.0481 e. The van der Waals surface area contributed by atoms with Gasteiger partial charge in [0.05, 0.1) is 0 Å². The topological polar surface area (TPSA) is 43.0 Å². The normalized spacial score (nSPS) is 14.9. The van der Waals surface area contributed by atoms with Gasteiger partial charge >= 0.3 is 0 Å². The standard InChI is InChI=1S/C15H23N3/c1-11(8-9-16)15(17-2)13-10-18(3)14-7-5-4-6-12(13)14/h4-7,10-11,15,17H,8-9,16H2,1-3H3. The molecule has 1 aromatic heterocycles. The molecular formula is C15H23N3. The molecule has 0 aliphatic rings. The number of rotatable bonds is 5. The van der Waals surface area contributed by atoms with E-state index in [0.717, 1.165) is 13.0 Å². The van der Waals surface area contributed by atoms with Crippen molar-refractivity contribution in [3.63, 3.8) is 0 Å². The molecule has 0 aliphatic heterocycles. The van der Waals surface area contributed by atoms with E-state index in [2.05, 4.69) is 54.3 Å². The Morgan fingerprint density at radius 1 is 1.33 bits per heavy atom. The minimum absolute atomic E-state index is 0.361. The van der Waals surface area contributed by atoms with Crippen molar-refractivity contribution in [2.24, 2.45) is 18.7 Å². The summed E-state index contributed by atoms with van der Waals surface area (Å²) in [6, 6.07) is 8.92. The molecule has 2 unspecified atom stereocenters. The van der Waals surface area contributed by atoms with E-state index in [-0.39, 0.29) is 0 Å². The SMILES string of the molecule is CNC(c1cn(C)c2ccccc12)C(C)CCN. The van der Waals surface area contributed by atoms with Gasteiger partial charge in [-0.2, -0.15) is 0 Å². The fourth-order valence-electron chi connectivity index (χ4n) is 2.80. The quantitative estimate of drug-likeness (QED) is 0.849. The Labute approximate surface area is 109 Å². The first-order valence-corrected chi connectivity index (χ1v) is 6.60. The highest BCUT2D eigenvalue weighted by atomic mass is 14.9. The molecule has 0 amide bonds. The number of hydrogen-bond acceptors (Lipinski definition) is 2. The summed E-state index contributed by atoms with van der Waals surface area (Å²) in [5, 5.41) is 4.78. The highest BCUT2D eigenvalue weighted by molar-refractivity contribution is 5.84. The van der Waals surface area contributed by atoms with Crippen LogP contribution in [0.1, 0.15) is 24.9 Å². The minimum Gasteiger partial charge on any atom is -0.350 e. The number of fused-ring (bicyclic) bond motifs is 1. The van der Waals surface area contributed by atoms with Crippen LogP contribution in [0.4, 0.5) is 0 Å². The highest BCUT2D eigenvalue weighted by Crippen LogP contribution is 2.31. The van der Waals surface area contributed by atoms with Crippen molar-refractivity contribution in [3.05, 3.63) is 36.0 Å². The molecule has 0 aliphatic carbocycles. The second-order valence-electron chi connectivity index (χ2n) is 5.03. The van der Waals surface area contributed by atoms with Crippen LogP contribution in [0.5, 0.6) is 0 Å². The average molecular weight is 245 g/mol. The Morgan fingerprint density at radius 3 is 2.72 bits per heavy atom. The maximum absolute atomic E-state index is 5.68. The lowest BCUT2D eigenvalue weighted by molar-refractivity contribution is 0.393. The van der Waals surface area contributed by atoms with Crippen molar-refractivity contribution in [1.82, 2.24) is 9.88 Å². The van der Waals surface area contributed by atoms with E-state index in [9.17, 15) is 0 Å². The zero-order valence-electron chi connectivity index (χ0n) is 11.5. The van der Waals surface area contributed by atoms with Gasteiger partial charge in [0.25, 0.3) is 0 Å². The summed E-state index contributed by atoms with van der Waals surface area (Å²) in [6.45, 7) is 3.00. The first-order valence-electron chi connectivity index (χ1n) is 6.60. The zero-order valence-corrected chi connectivity index (χ0v) is 11.5. The first-order chi connectivity index (χ1) is 8.69. The van der Waals surface area contributed by atoms with Crippen LogP contribution in [0, 0.1) is 5.92 Å². The van der Waals surface area contributed by atoms with Crippen molar-refractivity contribution in [3.8, 4) is 0 Å². The van der Waals surface area contributed by atoms with Crippen LogP contribution in [0.25, 0.3) is 10.9 Å². The van der Waals surface area contributed by atoms with Gasteiger partial charge in [-0.25, -0.2) is 0 Å². The summed E-state index contributed by atoms with van der Waals surface area (Å²) in [5.74, 6) is 0.533. The van der Waals surface area contributed by atoms with Crippen LogP contribution in [0.15, 0.2) is 30.5 Å². The first kappa shape index (κ1) is 13.1. The van der Waals surface area contributed by atoms with E-state index >= 15 is 0 Å². The van der Waals surface area contributed by atoms with Gasteiger partial charge in [0.2, 0.25) is 0 Å². The van der Waals surface area contributed by atoms with Crippen LogP contribution < -0.4 is 11.1 Å². The van der Waals surface area contributed by atoms with Gasteiger partial charge in [0.1, 0.15) is 0 Å². The van der Waals surface area contributed by atoms with Gasteiger partial charge < -0.3 is 15.6 Å². The molecule has 0 spiro atoms. The lowest BCUT2D eigenvalue weighted by Gasteiger charge is -2.23. The average Bonchev–Trinajstić information content (AvgIpc) is 2.69. The molecule has 1 aromatic carbocycles. The lowest BCUT2D eigenvalue weighted by Crippen LogP contribution is -2.25. The van der Waals surface area contributed by atoms with Crippen molar-refractivity contribution in [2.75, 3.05) is 13.6 Å². The molecule has 0 saturated carbocycles. The number of nitrogens with one attached hydrogen (secondary N) is 1. The molecule has 1 heterocycles. The van der Waals surface area contributed by atoms with Crippen LogP contribution in [0.3, 0.4) is 0 Å². The number of aromatic nitrogens is 1.